The molecule has 1 heterocycles. The zero-order valence-corrected chi connectivity index (χ0v) is 14.8. The fourth-order valence-corrected chi connectivity index (χ4v) is 3.64. The van der Waals surface area contributed by atoms with E-state index >= 15 is 0 Å². The number of carbonyl (C=O) groups excluding carboxylic acids is 1. The monoisotopic (exact) mass is 417 g/mol. The SMILES string of the molecule is COc1ccc(CCNC(=O)c2cc(Br)cs2)cc1Br. The molecule has 20 heavy (non-hydrogen) atoms. The summed E-state index contributed by atoms with van der Waals surface area (Å²) in [5.41, 5.74) is 1.14. The Hall–Kier alpha value is -0.850. The average Bonchev–Trinajstić information content (AvgIpc) is 2.85. The third-order valence-electron chi connectivity index (χ3n) is 2.71. The number of ether oxygens (including phenoxy) is 1. The van der Waals surface area contributed by atoms with Gasteiger partial charge in [-0.15, -0.1) is 11.3 Å². The lowest BCUT2D eigenvalue weighted by Gasteiger charge is -2.07. The fraction of sp³-hybridized carbons (Fsp3) is 0.214. The third kappa shape index (κ3) is 4.07. The third-order valence-corrected chi connectivity index (χ3v) is 5.02. The van der Waals surface area contributed by atoms with Gasteiger partial charge in [-0.2, -0.15) is 0 Å². The van der Waals surface area contributed by atoms with Crippen molar-refractivity contribution >= 4 is 49.1 Å². The Morgan fingerprint density at radius 2 is 2.15 bits per heavy atom. The van der Waals surface area contributed by atoms with E-state index < -0.39 is 0 Å². The Balaban J connectivity index is 1.87. The maximum atomic E-state index is 11.9. The van der Waals surface area contributed by atoms with Gasteiger partial charge in [-0.1, -0.05) is 6.07 Å². The first kappa shape index (κ1) is 15.5. The van der Waals surface area contributed by atoms with Gasteiger partial charge in [0.25, 0.3) is 5.91 Å². The van der Waals surface area contributed by atoms with Crippen molar-refractivity contribution in [2.45, 2.75) is 6.42 Å². The Morgan fingerprint density at radius 1 is 1.35 bits per heavy atom. The zero-order chi connectivity index (χ0) is 14.5. The highest BCUT2D eigenvalue weighted by atomic mass is 79.9. The van der Waals surface area contributed by atoms with E-state index in [1.54, 1.807) is 7.11 Å². The van der Waals surface area contributed by atoms with Crippen LogP contribution in [0, 0.1) is 0 Å². The lowest BCUT2D eigenvalue weighted by molar-refractivity contribution is 0.0958. The van der Waals surface area contributed by atoms with Crippen molar-refractivity contribution in [1.29, 1.82) is 0 Å². The van der Waals surface area contributed by atoms with E-state index in [0.717, 1.165) is 26.7 Å². The van der Waals surface area contributed by atoms with E-state index in [1.165, 1.54) is 11.3 Å². The number of methoxy groups -OCH3 is 1. The minimum absolute atomic E-state index is 0.0340. The maximum Gasteiger partial charge on any atom is 0.261 e. The first-order valence-corrected chi connectivity index (χ1v) is 8.41. The smallest absolute Gasteiger partial charge is 0.261 e. The number of thiophene rings is 1. The van der Waals surface area contributed by atoms with Crippen LogP contribution in [0.5, 0.6) is 5.75 Å². The summed E-state index contributed by atoms with van der Waals surface area (Å²) >= 11 is 8.22. The summed E-state index contributed by atoms with van der Waals surface area (Å²) in [6.07, 6.45) is 0.779. The summed E-state index contributed by atoms with van der Waals surface area (Å²) in [5.74, 6) is 0.773. The van der Waals surface area contributed by atoms with Crippen LogP contribution in [0.4, 0.5) is 0 Å². The molecule has 6 heteroatoms. The fourth-order valence-electron chi connectivity index (χ4n) is 1.70. The number of hydrogen-bond acceptors (Lipinski definition) is 3. The van der Waals surface area contributed by atoms with Crippen LogP contribution in [0.1, 0.15) is 15.2 Å². The van der Waals surface area contributed by atoms with Gasteiger partial charge >= 0.3 is 0 Å². The molecule has 2 aromatic rings. The second kappa shape index (κ2) is 7.24. The van der Waals surface area contributed by atoms with Crippen molar-refractivity contribution in [3.05, 3.63) is 49.0 Å². The van der Waals surface area contributed by atoms with Crippen molar-refractivity contribution in [3.8, 4) is 5.75 Å². The standard InChI is InChI=1S/C14H13Br2NO2S/c1-19-12-3-2-9(6-11(12)16)4-5-17-14(18)13-7-10(15)8-20-13/h2-3,6-8H,4-5H2,1H3,(H,17,18). The van der Waals surface area contributed by atoms with Gasteiger partial charge in [0.2, 0.25) is 0 Å². The van der Waals surface area contributed by atoms with Crippen LogP contribution in [0.3, 0.4) is 0 Å². The van der Waals surface area contributed by atoms with Gasteiger partial charge in [0, 0.05) is 16.4 Å². The molecule has 2 rings (SSSR count). The van der Waals surface area contributed by atoms with Gasteiger partial charge in [0.05, 0.1) is 16.5 Å². The number of amides is 1. The van der Waals surface area contributed by atoms with Crippen LogP contribution in [0.25, 0.3) is 0 Å². The predicted octanol–water partition coefficient (Wildman–Crippen LogP) is 4.25. The number of benzene rings is 1. The van der Waals surface area contributed by atoms with E-state index in [4.69, 9.17) is 4.74 Å². The maximum absolute atomic E-state index is 11.9. The Labute approximate surface area is 138 Å². The van der Waals surface area contributed by atoms with Crippen LogP contribution >= 0.6 is 43.2 Å². The molecular weight excluding hydrogens is 406 g/mol. The van der Waals surface area contributed by atoms with E-state index in [1.807, 2.05) is 29.6 Å². The van der Waals surface area contributed by atoms with Gasteiger partial charge in [0.1, 0.15) is 5.75 Å². The molecule has 0 radical (unpaired) electrons. The first-order valence-electron chi connectivity index (χ1n) is 5.95. The van der Waals surface area contributed by atoms with E-state index in [9.17, 15) is 4.79 Å². The number of nitrogens with one attached hydrogen (secondary N) is 1. The second-order valence-corrected chi connectivity index (χ2v) is 6.79. The van der Waals surface area contributed by atoms with Crippen LogP contribution < -0.4 is 10.1 Å². The van der Waals surface area contributed by atoms with E-state index in [0.29, 0.717) is 11.4 Å². The normalized spacial score (nSPS) is 10.3. The molecule has 0 aliphatic rings. The summed E-state index contributed by atoms with van der Waals surface area (Å²) in [6, 6.07) is 7.74. The number of halogens is 2. The lowest BCUT2D eigenvalue weighted by atomic mass is 10.1. The predicted molar refractivity (Wildman–Crippen MR) is 88.8 cm³/mol. The van der Waals surface area contributed by atoms with E-state index in [2.05, 4.69) is 37.2 Å². The summed E-state index contributed by atoms with van der Waals surface area (Å²) in [7, 11) is 1.64. The highest BCUT2D eigenvalue weighted by Crippen LogP contribution is 2.25. The second-order valence-electron chi connectivity index (χ2n) is 4.10. The lowest BCUT2D eigenvalue weighted by Crippen LogP contribution is -2.24. The van der Waals surface area contributed by atoms with Crippen molar-refractivity contribution in [1.82, 2.24) is 5.32 Å². The minimum Gasteiger partial charge on any atom is -0.496 e. The van der Waals surface area contributed by atoms with Crippen LogP contribution in [0.15, 0.2) is 38.6 Å². The van der Waals surface area contributed by atoms with Gasteiger partial charge in [0.15, 0.2) is 0 Å². The molecule has 0 fully saturated rings. The van der Waals surface area contributed by atoms with Gasteiger partial charge in [-0.3, -0.25) is 4.79 Å². The Bertz CT molecular complexity index is 613. The Kier molecular flexibility index (Phi) is 5.63. The highest BCUT2D eigenvalue weighted by Gasteiger charge is 2.08. The molecule has 0 aliphatic heterocycles. The van der Waals surface area contributed by atoms with Crippen molar-refractivity contribution < 1.29 is 9.53 Å². The zero-order valence-electron chi connectivity index (χ0n) is 10.8. The Morgan fingerprint density at radius 3 is 2.75 bits per heavy atom. The van der Waals surface area contributed by atoms with Gasteiger partial charge in [-0.25, -0.2) is 0 Å². The average molecular weight is 419 g/mol. The summed E-state index contributed by atoms with van der Waals surface area (Å²) < 4.78 is 7.04. The topological polar surface area (TPSA) is 38.3 Å². The molecule has 1 N–H and O–H groups in total. The van der Waals surface area contributed by atoms with Crippen molar-refractivity contribution in [2.75, 3.05) is 13.7 Å². The number of carbonyl (C=O) groups is 1. The van der Waals surface area contributed by atoms with E-state index in [-0.39, 0.29) is 5.91 Å². The largest absolute Gasteiger partial charge is 0.496 e. The summed E-state index contributed by atoms with van der Waals surface area (Å²) in [5, 5.41) is 4.81. The van der Waals surface area contributed by atoms with Crippen molar-refractivity contribution in [3.63, 3.8) is 0 Å². The molecule has 1 aromatic heterocycles. The number of rotatable bonds is 5. The molecule has 1 aromatic carbocycles. The van der Waals surface area contributed by atoms with Crippen molar-refractivity contribution in [2.24, 2.45) is 0 Å². The molecule has 106 valence electrons. The van der Waals surface area contributed by atoms with Crippen LogP contribution in [-0.2, 0) is 6.42 Å². The van der Waals surface area contributed by atoms with Gasteiger partial charge in [-0.05, 0) is 62.0 Å². The summed E-state index contributed by atoms with van der Waals surface area (Å²) in [4.78, 5) is 12.6. The molecule has 0 bridgehead atoms. The minimum atomic E-state index is -0.0340. The van der Waals surface area contributed by atoms with Crippen LogP contribution in [-0.4, -0.2) is 19.6 Å². The van der Waals surface area contributed by atoms with Crippen LogP contribution in [0.2, 0.25) is 0 Å². The molecule has 3 nitrogen and oxygen atoms in total. The molecule has 0 unspecified atom stereocenters. The molecule has 0 spiro atoms. The molecule has 0 atom stereocenters. The quantitative estimate of drug-likeness (QED) is 0.787. The molecule has 0 saturated carbocycles. The molecular formula is C14H13Br2NO2S. The molecule has 0 saturated heterocycles. The first-order chi connectivity index (χ1) is 9.60. The molecule has 1 amide bonds. The van der Waals surface area contributed by atoms with Gasteiger partial charge < -0.3 is 10.1 Å². The summed E-state index contributed by atoms with van der Waals surface area (Å²) in [6.45, 7) is 0.604. The molecule has 0 aliphatic carbocycles. The highest BCUT2D eigenvalue weighted by molar-refractivity contribution is 9.10. The number of hydrogen-bond donors (Lipinski definition) is 1.